The Hall–Kier alpha value is -1.24. The lowest BCUT2D eigenvalue weighted by atomic mass is 10.1. The van der Waals surface area contributed by atoms with Crippen molar-refractivity contribution >= 4 is 27.6 Å². The molecule has 0 saturated heterocycles. The molecule has 0 heterocycles. The molecular formula is C10H9BrF3NO2. The van der Waals surface area contributed by atoms with Gasteiger partial charge >= 0.3 is 12.1 Å². The number of ether oxygens (including phenoxy) is 1. The fourth-order valence-corrected chi connectivity index (χ4v) is 1.90. The Morgan fingerprint density at radius 2 is 2.06 bits per heavy atom. The van der Waals surface area contributed by atoms with Crippen LogP contribution in [0.1, 0.15) is 22.8 Å². The summed E-state index contributed by atoms with van der Waals surface area (Å²) in [6.45, 7) is 1.50. The average molecular weight is 312 g/mol. The Morgan fingerprint density at radius 1 is 1.47 bits per heavy atom. The number of anilines is 1. The van der Waals surface area contributed by atoms with Crippen LogP contribution in [0.4, 0.5) is 18.9 Å². The van der Waals surface area contributed by atoms with Crippen LogP contribution in [0, 0.1) is 0 Å². The number of benzene rings is 1. The van der Waals surface area contributed by atoms with E-state index in [2.05, 4.69) is 20.7 Å². The number of hydrogen-bond acceptors (Lipinski definition) is 3. The molecule has 0 aliphatic heterocycles. The minimum absolute atomic E-state index is 0.00700. The third-order valence-corrected chi connectivity index (χ3v) is 2.52. The molecule has 0 aromatic heterocycles. The molecule has 0 radical (unpaired) electrons. The van der Waals surface area contributed by atoms with Crippen LogP contribution < -0.4 is 5.73 Å². The Morgan fingerprint density at radius 3 is 2.53 bits per heavy atom. The summed E-state index contributed by atoms with van der Waals surface area (Å²) in [6.07, 6.45) is -4.67. The van der Waals surface area contributed by atoms with Gasteiger partial charge in [-0.25, -0.2) is 4.79 Å². The summed E-state index contributed by atoms with van der Waals surface area (Å²) in [5.41, 5.74) is 3.56. The summed E-state index contributed by atoms with van der Waals surface area (Å²) in [6, 6.07) is 1.93. The first kappa shape index (κ1) is 13.8. The van der Waals surface area contributed by atoms with Gasteiger partial charge in [-0.1, -0.05) is 0 Å². The molecule has 0 saturated carbocycles. The molecule has 1 aromatic rings. The standard InChI is InChI=1S/C10H9BrF3NO2/c1-2-17-9(16)8-6(10(12,13)14)3-5(15)4-7(8)11/h3-4H,2,15H2,1H3. The van der Waals surface area contributed by atoms with Gasteiger partial charge in [-0.3, -0.25) is 0 Å². The van der Waals surface area contributed by atoms with Gasteiger partial charge in [-0.2, -0.15) is 13.2 Å². The Balaban J connectivity index is 3.41. The highest BCUT2D eigenvalue weighted by Gasteiger charge is 2.37. The molecular weight excluding hydrogens is 303 g/mol. The number of halogens is 4. The van der Waals surface area contributed by atoms with Gasteiger partial charge < -0.3 is 10.5 Å². The summed E-state index contributed by atoms with van der Waals surface area (Å²) in [5, 5.41) is 0. The summed E-state index contributed by atoms with van der Waals surface area (Å²) in [7, 11) is 0. The van der Waals surface area contributed by atoms with Crippen LogP contribution >= 0.6 is 15.9 Å². The maximum absolute atomic E-state index is 12.7. The number of carbonyl (C=O) groups is 1. The van der Waals surface area contributed by atoms with Crippen LogP contribution in [0.2, 0.25) is 0 Å². The Kier molecular flexibility index (Phi) is 4.03. The molecule has 1 aromatic carbocycles. The third-order valence-electron chi connectivity index (χ3n) is 1.90. The highest BCUT2D eigenvalue weighted by molar-refractivity contribution is 9.10. The molecule has 0 amide bonds. The number of nitrogens with two attached hydrogens (primary N) is 1. The first-order valence-corrected chi connectivity index (χ1v) is 5.40. The maximum Gasteiger partial charge on any atom is 0.417 e. The van der Waals surface area contributed by atoms with Gasteiger partial charge in [0.05, 0.1) is 17.7 Å². The van der Waals surface area contributed by atoms with Crippen LogP contribution in [0.15, 0.2) is 16.6 Å². The molecule has 2 N–H and O–H groups in total. The van der Waals surface area contributed by atoms with Gasteiger partial charge in [0.25, 0.3) is 0 Å². The second kappa shape index (κ2) is 4.95. The van der Waals surface area contributed by atoms with Crippen molar-refractivity contribution in [3.05, 3.63) is 27.7 Å². The zero-order valence-electron chi connectivity index (χ0n) is 8.77. The SMILES string of the molecule is CCOC(=O)c1c(Br)cc(N)cc1C(F)(F)F. The van der Waals surface area contributed by atoms with E-state index in [9.17, 15) is 18.0 Å². The molecule has 1 rings (SSSR count). The summed E-state index contributed by atoms with van der Waals surface area (Å²) in [4.78, 5) is 11.5. The second-order valence-electron chi connectivity index (χ2n) is 3.14. The van der Waals surface area contributed by atoms with Crippen LogP contribution in [0.25, 0.3) is 0 Å². The number of alkyl halides is 3. The van der Waals surface area contributed by atoms with Gasteiger partial charge in [-0.05, 0) is 35.0 Å². The second-order valence-corrected chi connectivity index (χ2v) is 4.00. The number of esters is 1. The Labute approximate surface area is 104 Å². The van der Waals surface area contributed by atoms with Crippen LogP contribution in [0.5, 0.6) is 0 Å². The molecule has 0 spiro atoms. The molecule has 3 nitrogen and oxygen atoms in total. The molecule has 7 heteroatoms. The molecule has 0 bridgehead atoms. The van der Waals surface area contributed by atoms with E-state index < -0.39 is 23.3 Å². The average Bonchev–Trinajstić information content (AvgIpc) is 2.15. The van der Waals surface area contributed by atoms with E-state index >= 15 is 0 Å². The largest absolute Gasteiger partial charge is 0.462 e. The first-order chi connectivity index (χ1) is 7.77. The molecule has 0 atom stereocenters. The van der Waals surface area contributed by atoms with E-state index in [-0.39, 0.29) is 16.8 Å². The Bertz CT molecular complexity index is 446. The minimum Gasteiger partial charge on any atom is -0.462 e. The van der Waals surface area contributed by atoms with Gasteiger partial charge in [0.15, 0.2) is 0 Å². The number of hydrogen-bond donors (Lipinski definition) is 1. The van der Waals surface area contributed by atoms with Gasteiger partial charge in [-0.15, -0.1) is 0 Å². The zero-order valence-corrected chi connectivity index (χ0v) is 10.4. The van der Waals surface area contributed by atoms with E-state index in [4.69, 9.17) is 5.73 Å². The molecule has 0 unspecified atom stereocenters. The van der Waals surface area contributed by atoms with Crippen molar-refractivity contribution in [3.63, 3.8) is 0 Å². The lowest BCUT2D eigenvalue weighted by Gasteiger charge is -2.14. The topological polar surface area (TPSA) is 52.3 Å². The maximum atomic E-state index is 12.7. The van der Waals surface area contributed by atoms with E-state index in [0.717, 1.165) is 0 Å². The molecule has 94 valence electrons. The van der Waals surface area contributed by atoms with E-state index in [1.807, 2.05) is 0 Å². The normalized spacial score (nSPS) is 11.4. The van der Waals surface area contributed by atoms with Crippen molar-refractivity contribution in [1.82, 2.24) is 0 Å². The molecule has 0 aliphatic carbocycles. The van der Waals surface area contributed by atoms with Crippen molar-refractivity contribution < 1.29 is 22.7 Å². The highest BCUT2D eigenvalue weighted by Crippen LogP contribution is 2.37. The number of nitrogen functional groups attached to an aromatic ring is 1. The summed E-state index contributed by atoms with van der Waals surface area (Å²) >= 11 is 2.88. The van der Waals surface area contributed by atoms with E-state index in [1.165, 1.54) is 13.0 Å². The lowest BCUT2D eigenvalue weighted by Crippen LogP contribution is -2.16. The van der Waals surface area contributed by atoms with Gasteiger partial charge in [0.2, 0.25) is 0 Å². The predicted octanol–water partition coefficient (Wildman–Crippen LogP) is 3.23. The van der Waals surface area contributed by atoms with Crippen molar-refractivity contribution in [2.24, 2.45) is 0 Å². The first-order valence-electron chi connectivity index (χ1n) is 4.60. The monoisotopic (exact) mass is 311 g/mol. The van der Waals surface area contributed by atoms with Crippen LogP contribution in [0.3, 0.4) is 0 Å². The predicted molar refractivity (Wildman–Crippen MR) is 59.5 cm³/mol. The molecule has 0 fully saturated rings. The third kappa shape index (κ3) is 3.12. The van der Waals surface area contributed by atoms with Gasteiger partial charge in [0, 0.05) is 10.2 Å². The minimum atomic E-state index is -4.67. The fourth-order valence-electron chi connectivity index (χ4n) is 1.26. The van der Waals surface area contributed by atoms with Gasteiger partial charge in [0.1, 0.15) is 0 Å². The quantitative estimate of drug-likeness (QED) is 0.674. The van der Waals surface area contributed by atoms with Crippen molar-refractivity contribution in [2.75, 3.05) is 12.3 Å². The van der Waals surface area contributed by atoms with E-state index in [1.54, 1.807) is 0 Å². The number of carbonyl (C=O) groups excluding carboxylic acids is 1. The molecule has 17 heavy (non-hydrogen) atoms. The molecule has 0 aliphatic rings. The van der Waals surface area contributed by atoms with Crippen molar-refractivity contribution in [2.45, 2.75) is 13.1 Å². The van der Waals surface area contributed by atoms with Crippen LogP contribution in [-0.2, 0) is 10.9 Å². The summed E-state index contributed by atoms with van der Waals surface area (Å²) in [5.74, 6) is -1.04. The smallest absolute Gasteiger partial charge is 0.417 e. The number of rotatable bonds is 2. The van der Waals surface area contributed by atoms with Crippen molar-refractivity contribution in [3.8, 4) is 0 Å². The zero-order chi connectivity index (χ0) is 13.2. The highest BCUT2D eigenvalue weighted by atomic mass is 79.9. The fraction of sp³-hybridized carbons (Fsp3) is 0.300. The van der Waals surface area contributed by atoms with E-state index in [0.29, 0.717) is 6.07 Å². The van der Waals surface area contributed by atoms with Crippen LogP contribution in [-0.4, -0.2) is 12.6 Å². The lowest BCUT2D eigenvalue weighted by molar-refractivity contribution is -0.138. The van der Waals surface area contributed by atoms with Crippen molar-refractivity contribution in [1.29, 1.82) is 0 Å². The summed E-state index contributed by atoms with van der Waals surface area (Å²) < 4.78 is 42.7.